The summed E-state index contributed by atoms with van der Waals surface area (Å²) in [4.78, 5) is 73.6. The summed E-state index contributed by atoms with van der Waals surface area (Å²) in [6.45, 7) is 22.5. The van der Waals surface area contributed by atoms with E-state index in [1.54, 1.807) is 83.1 Å². The minimum atomic E-state index is -1.11. The monoisotopic (exact) mass is 936 g/mol. The van der Waals surface area contributed by atoms with Crippen molar-refractivity contribution in [2.45, 2.75) is 187 Å². The fourth-order valence-corrected chi connectivity index (χ4v) is 5.80. The number of carbonyl (C=O) groups is 6. The van der Waals surface area contributed by atoms with Crippen molar-refractivity contribution in [2.24, 2.45) is 0 Å². The molecule has 21 nitrogen and oxygen atoms in total. The molecule has 0 aromatic heterocycles. The molecule has 0 aromatic rings. The molecule has 6 N–H and O–H groups in total. The van der Waals surface area contributed by atoms with Crippen LogP contribution in [0.4, 0.5) is 19.2 Å². The van der Waals surface area contributed by atoms with E-state index in [0.717, 1.165) is 0 Å². The van der Waals surface area contributed by atoms with Crippen LogP contribution in [0.1, 0.15) is 134 Å². The predicted octanol–water partition coefficient (Wildman–Crippen LogP) is 5.30. The topological polar surface area (TPSA) is 266 Å². The van der Waals surface area contributed by atoms with E-state index in [0.29, 0.717) is 38.5 Å². The highest BCUT2D eigenvalue weighted by Gasteiger charge is 2.49. The maximum Gasteiger partial charge on any atom is 0.407 e. The number of carbonyl (C=O) groups excluding carboxylic acids is 5. The van der Waals surface area contributed by atoms with Crippen molar-refractivity contribution in [3.8, 4) is 0 Å². The van der Waals surface area contributed by atoms with Gasteiger partial charge in [-0.25, -0.2) is 19.2 Å². The number of carboxylic acids is 1. The van der Waals surface area contributed by atoms with Gasteiger partial charge in [-0.2, -0.15) is 0 Å². The highest BCUT2D eigenvalue weighted by molar-refractivity contribution is 5.76. The molecule has 0 aromatic carbocycles. The quantitative estimate of drug-likeness (QED) is 0.0451. The van der Waals surface area contributed by atoms with Gasteiger partial charge < -0.3 is 74.3 Å². The molecule has 0 saturated carbocycles. The maximum atomic E-state index is 13.4. The third kappa shape index (κ3) is 31.4. The summed E-state index contributed by atoms with van der Waals surface area (Å²) in [5, 5.41) is 22.8. The summed E-state index contributed by atoms with van der Waals surface area (Å²) in [5.74, 6) is -1.38. The molecule has 1 aliphatic rings. The molecule has 0 unspecified atom stereocenters. The number of hydrogen-bond donors (Lipinski definition) is 6. The lowest BCUT2D eigenvalue weighted by molar-refractivity contribution is -0.270. The Labute approximate surface area is 385 Å². The number of nitrogens with one attached hydrogen (secondary N) is 5. The minimum Gasteiger partial charge on any atom is -0.481 e. The fourth-order valence-electron chi connectivity index (χ4n) is 5.80. The van der Waals surface area contributed by atoms with Gasteiger partial charge in [-0.1, -0.05) is 0 Å². The van der Waals surface area contributed by atoms with Crippen LogP contribution in [-0.2, 0) is 52.2 Å². The second-order valence-corrected chi connectivity index (χ2v) is 19.5. The molecular formula is C44H81N5O16. The number of hydrogen-bond acceptors (Lipinski definition) is 15. The molecule has 0 bridgehead atoms. The lowest BCUT2D eigenvalue weighted by Crippen LogP contribution is -2.65. The van der Waals surface area contributed by atoms with E-state index in [9.17, 15) is 28.8 Å². The number of ether oxygens (including phenoxy) is 9. The number of unbranched alkanes of at least 4 members (excludes halogenated alkanes) is 1. The first-order valence-electron chi connectivity index (χ1n) is 22.6. The predicted molar refractivity (Wildman–Crippen MR) is 238 cm³/mol. The molecule has 1 fully saturated rings. The van der Waals surface area contributed by atoms with Gasteiger partial charge >= 0.3 is 30.3 Å². The van der Waals surface area contributed by atoms with Gasteiger partial charge in [0.05, 0.1) is 6.61 Å². The van der Waals surface area contributed by atoms with Crippen molar-refractivity contribution in [3.63, 3.8) is 0 Å². The molecule has 0 aliphatic carbocycles. The Morgan fingerprint density at radius 2 is 0.831 bits per heavy atom. The van der Waals surface area contributed by atoms with Crippen molar-refractivity contribution in [3.05, 3.63) is 0 Å². The van der Waals surface area contributed by atoms with Gasteiger partial charge in [0, 0.05) is 65.4 Å². The Bertz CT molecular complexity index is 1440. The second-order valence-electron chi connectivity index (χ2n) is 19.5. The van der Waals surface area contributed by atoms with Crippen LogP contribution in [0, 0.1) is 0 Å². The van der Waals surface area contributed by atoms with E-state index < -0.39 is 89.3 Å². The Hall–Kier alpha value is -4.18. The average Bonchev–Trinajstić information content (AvgIpc) is 3.12. The molecule has 65 heavy (non-hydrogen) atoms. The van der Waals surface area contributed by atoms with Crippen molar-refractivity contribution in [1.29, 1.82) is 0 Å². The standard InChI is InChI=1S/C44H81N5O16/c1-41(2,3)62-37(53)45-21-15-25-57-29-30-33(58-26-16-22-46-38(54)63-42(4,5)6)34(59-27-17-23-47-39(55)64-43(7,8)9)35(60-28-18-24-48-40(56)65-44(10,11)12)36(61-30)49-31(50)19-13-14-20-32(51)52/h30,33-36H,13-29H2,1-12H3,(H,45,53)(H,46,54)(H,47,55)(H,48,56)(H,49,50)(H,51,52)/t30-,33-,34+,35-,36-/m1/s1. The van der Waals surface area contributed by atoms with Crippen LogP contribution in [0.25, 0.3) is 0 Å². The van der Waals surface area contributed by atoms with E-state index in [2.05, 4.69) is 26.6 Å². The van der Waals surface area contributed by atoms with Crippen LogP contribution in [0.15, 0.2) is 0 Å². The van der Waals surface area contributed by atoms with Crippen LogP contribution in [0.2, 0.25) is 0 Å². The average molecular weight is 936 g/mol. The molecule has 1 aliphatic heterocycles. The van der Waals surface area contributed by atoms with Crippen LogP contribution in [0.5, 0.6) is 0 Å². The van der Waals surface area contributed by atoms with E-state index in [-0.39, 0.29) is 72.1 Å². The van der Waals surface area contributed by atoms with Gasteiger partial charge in [-0.05, 0) is 122 Å². The van der Waals surface area contributed by atoms with E-state index in [4.69, 9.17) is 47.7 Å². The van der Waals surface area contributed by atoms with Crippen LogP contribution >= 0.6 is 0 Å². The summed E-state index contributed by atoms with van der Waals surface area (Å²) in [6, 6.07) is 0. The van der Waals surface area contributed by atoms with Gasteiger partial charge in [-0.15, -0.1) is 0 Å². The normalized spacial score (nSPS) is 19.0. The zero-order valence-electron chi connectivity index (χ0n) is 41.0. The smallest absolute Gasteiger partial charge is 0.407 e. The van der Waals surface area contributed by atoms with Crippen molar-refractivity contribution < 1.29 is 76.5 Å². The fraction of sp³-hybridized carbons (Fsp3) is 0.864. The summed E-state index contributed by atoms with van der Waals surface area (Å²) >= 11 is 0. The summed E-state index contributed by atoms with van der Waals surface area (Å²) in [7, 11) is 0. The van der Waals surface area contributed by atoms with Gasteiger partial charge in [0.25, 0.3) is 0 Å². The number of aliphatic carboxylic acids is 1. The maximum absolute atomic E-state index is 13.4. The lowest BCUT2D eigenvalue weighted by Gasteiger charge is -2.46. The first-order chi connectivity index (χ1) is 30.1. The van der Waals surface area contributed by atoms with Crippen molar-refractivity contribution in [2.75, 3.05) is 59.2 Å². The van der Waals surface area contributed by atoms with Crippen LogP contribution < -0.4 is 26.6 Å². The third-order valence-corrected chi connectivity index (χ3v) is 8.30. The van der Waals surface area contributed by atoms with Gasteiger partial charge in [0.2, 0.25) is 5.91 Å². The number of alkyl carbamates (subject to hydrolysis) is 4. The zero-order valence-corrected chi connectivity index (χ0v) is 41.0. The Kier molecular flexibility index (Phi) is 26.7. The van der Waals surface area contributed by atoms with E-state index in [1.165, 1.54) is 0 Å². The second kappa shape index (κ2) is 29.5. The van der Waals surface area contributed by atoms with Gasteiger partial charge in [0.15, 0.2) is 6.23 Å². The molecular weight excluding hydrogens is 855 g/mol. The molecule has 1 rings (SSSR count). The number of rotatable bonds is 27. The van der Waals surface area contributed by atoms with E-state index in [1.807, 2.05) is 0 Å². The zero-order chi connectivity index (χ0) is 49.3. The largest absolute Gasteiger partial charge is 0.481 e. The molecule has 0 radical (unpaired) electrons. The highest BCUT2D eigenvalue weighted by atomic mass is 16.6. The third-order valence-electron chi connectivity index (χ3n) is 8.30. The highest BCUT2D eigenvalue weighted by Crippen LogP contribution is 2.29. The van der Waals surface area contributed by atoms with E-state index >= 15 is 0 Å². The molecule has 1 heterocycles. The molecule has 378 valence electrons. The first kappa shape index (κ1) is 58.8. The lowest BCUT2D eigenvalue weighted by atomic mass is 9.97. The number of carboxylic acid groups (broad SMARTS) is 1. The molecule has 0 spiro atoms. The SMILES string of the molecule is CC(C)(C)OC(=O)NCCCOC[C@H]1O[C@@H](NC(=O)CCCCC(=O)O)[C@H](OCCCNC(=O)OC(C)(C)C)[C@@H](OCCCNC(=O)OC(C)(C)C)[C@@H]1OCCCNC(=O)OC(C)(C)C. The molecule has 21 heteroatoms. The molecule has 5 atom stereocenters. The van der Waals surface area contributed by atoms with Crippen molar-refractivity contribution in [1.82, 2.24) is 26.6 Å². The van der Waals surface area contributed by atoms with Crippen molar-refractivity contribution >= 4 is 36.2 Å². The summed E-state index contributed by atoms with van der Waals surface area (Å²) in [5.41, 5.74) is -2.72. The number of amides is 5. The molecule has 5 amide bonds. The summed E-state index contributed by atoms with van der Waals surface area (Å²) < 4.78 is 53.4. The Morgan fingerprint density at radius 1 is 0.477 bits per heavy atom. The Balaban J connectivity index is 3.41. The van der Waals surface area contributed by atoms with Crippen LogP contribution in [-0.4, -0.2) is 154 Å². The van der Waals surface area contributed by atoms with Gasteiger partial charge in [0.1, 0.15) is 46.8 Å². The minimum absolute atomic E-state index is 0.0118. The molecule has 1 saturated heterocycles. The van der Waals surface area contributed by atoms with Crippen LogP contribution in [0.3, 0.4) is 0 Å². The Morgan fingerprint density at radius 3 is 1.22 bits per heavy atom. The first-order valence-corrected chi connectivity index (χ1v) is 22.6. The van der Waals surface area contributed by atoms with Gasteiger partial charge in [-0.3, -0.25) is 9.59 Å². The summed E-state index contributed by atoms with van der Waals surface area (Å²) in [6.07, 6.45) is -5.05.